The van der Waals surface area contributed by atoms with Crippen LogP contribution in [0.2, 0.25) is 0 Å². The predicted octanol–water partition coefficient (Wildman–Crippen LogP) is 3.77. The summed E-state index contributed by atoms with van der Waals surface area (Å²) in [6, 6.07) is 14.8. The van der Waals surface area contributed by atoms with E-state index in [-0.39, 0.29) is 5.91 Å². The van der Waals surface area contributed by atoms with Gasteiger partial charge in [0.2, 0.25) is 0 Å². The Morgan fingerprint density at radius 3 is 2.45 bits per heavy atom. The monoisotopic (exact) mass is 409 g/mol. The van der Waals surface area contributed by atoms with E-state index < -0.39 is 10.0 Å². The highest BCUT2D eigenvalue weighted by atomic mass is 32.2. The molecule has 0 atom stereocenters. The Morgan fingerprint density at radius 1 is 1.21 bits per heavy atom. The van der Waals surface area contributed by atoms with Crippen LogP contribution in [0.5, 0.6) is 0 Å². The van der Waals surface area contributed by atoms with Crippen LogP contribution >= 0.6 is 0 Å². The Morgan fingerprint density at radius 2 is 1.86 bits per heavy atom. The number of likely N-dealkylation sites (tertiary alicyclic amines) is 1. The Bertz CT molecular complexity index is 1060. The lowest BCUT2D eigenvalue weighted by molar-refractivity contribution is 0.0713. The van der Waals surface area contributed by atoms with Gasteiger partial charge < -0.3 is 4.90 Å². The highest BCUT2D eigenvalue weighted by Crippen LogP contribution is 2.29. The maximum atomic E-state index is 12.9. The fraction of sp³-hybridized carbons (Fsp3) is 0.273. The van der Waals surface area contributed by atoms with Crippen molar-refractivity contribution in [3.63, 3.8) is 0 Å². The minimum absolute atomic E-state index is 0.109. The lowest BCUT2D eigenvalue weighted by Gasteiger charge is -2.32. The fourth-order valence-electron chi connectivity index (χ4n) is 3.49. The molecule has 6 nitrogen and oxygen atoms in total. The second-order valence-electron chi connectivity index (χ2n) is 7.14. The van der Waals surface area contributed by atoms with Gasteiger partial charge in [-0.3, -0.25) is 9.52 Å². The zero-order chi connectivity index (χ0) is 21.0. The molecule has 1 heterocycles. The van der Waals surface area contributed by atoms with Gasteiger partial charge in [0.15, 0.2) is 0 Å². The molecule has 150 valence electrons. The Labute approximate surface area is 171 Å². The molecule has 7 heteroatoms. The molecule has 3 rings (SSSR count). The summed E-state index contributed by atoms with van der Waals surface area (Å²) < 4.78 is 26.0. The molecule has 1 saturated heterocycles. The molecular weight excluding hydrogens is 386 g/mol. The Hall–Kier alpha value is -3.11. The molecule has 29 heavy (non-hydrogen) atoms. The van der Waals surface area contributed by atoms with Crippen LogP contribution in [0.25, 0.3) is 0 Å². The van der Waals surface area contributed by atoms with E-state index >= 15 is 0 Å². The first-order valence-corrected chi connectivity index (χ1v) is 10.9. The molecule has 1 aliphatic rings. The highest BCUT2D eigenvalue weighted by Gasteiger charge is 2.25. The number of hydrogen-bond acceptors (Lipinski definition) is 4. The van der Waals surface area contributed by atoms with E-state index in [1.54, 1.807) is 30.0 Å². The number of hydrogen-bond donors (Lipinski definition) is 1. The zero-order valence-corrected chi connectivity index (χ0v) is 17.1. The van der Waals surface area contributed by atoms with Crippen molar-refractivity contribution >= 4 is 21.6 Å². The number of carbonyl (C=O) groups excluding carboxylic acids is 1. The first-order valence-electron chi connectivity index (χ1n) is 9.38. The molecule has 1 fully saturated rings. The van der Waals surface area contributed by atoms with Gasteiger partial charge >= 0.3 is 0 Å². The number of nitriles is 1. The van der Waals surface area contributed by atoms with Crippen LogP contribution in [0.1, 0.15) is 45.8 Å². The lowest BCUT2D eigenvalue weighted by atomic mass is 9.89. The summed E-state index contributed by atoms with van der Waals surface area (Å²) in [4.78, 5) is 14.7. The summed E-state index contributed by atoms with van der Waals surface area (Å²) in [7, 11) is -3.64. The van der Waals surface area contributed by atoms with Crippen molar-refractivity contribution in [3.8, 4) is 6.07 Å². The normalized spacial score (nSPS) is 14.8. The number of sulfonamides is 1. The van der Waals surface area contributed by atoms with E-state index in [9.17, 15) is 13.2 Å². The SMILES string of the molecule is C=CS(=O)(=O)Nc1cc(C(=O)N2CCC(c3ccc(C#N)cc3)CC2)ccc1C. The molecule has 0 saturated carbocycles. The minimum atomic E-state index is -3.64. The van der Waals surface area contributed by atoms with Gasteiger partial charge in [0.05, 0.1) is 17.3 Å². The largest absolute Gasteiger partial charge is 0.339 e. The maximum absolute atomic E-state index is 12.9. The van der Waals surface area contributed by atoms with Crippen molar-refractivity contribution in [3.05, 3.63) is 76.7 Å². The van der Waals surface area contributed by atoms with Crippen LogP contribution in [0.4, 0.5) is 5.69 Å². The summed E-state index contributed by atoms with van der Waals surface area (Å²) in [5.41, 5.74) is 3.39. The average Bonchev–Trinajstić information content (AvgIpc) is 2.75. The first kappa shape index (κ1) is 20.6. The number of rotatable bonds is 5. The second kappa shape index (κ2) is 8.50. The molecule has 0 spiro atoms. The first-order chi connectivity index (χ1) is 13.8. The van der Waals surface area contributed by atoms with Crippen molar-refractivity contribution in [2.24, 2.45) is 0 Å². The minimum Gasteiger partial charge on any atom is -0.339 e. The van der Waals surface area contributed by atoms with Gasteiger partial charge in [-0.1, -0.05) is 24.8 Å². The van der Waals surface area contributed by atoms with Gasteiger partial charge in [-0.25, -0.2) is 8.42 Å². The predicted molar refractivity (Wildman–Crippen MR) is 113 cm³/mol. The molecule has 1 aliphatic heterocycles. The summed E-state index contributed by atoms with van der Waals surface area (Å²) in [5, 5.41) is 9.76. The maximum Gasteiger partial charge on any atom is 0.254 e. The number of piperidine rings is 1. The third-order valence-corrected chi connectivity index (χ3v) is 6.19. The second-order valence-corrected chi connectivity index (χ2v) is 8.77. The van der Waals surface area contributed by atoms with Crippen molar-refractivity contribution in [2.75, 3.05) is 17.8 Å². The van der Waals surface area contributed by atoms with Gasteiger partial charge in [-0.2, -0.15) is 5.26 Å². The van der Waals surface area contributed by atoms with Crippen molar-refractivity contribution in [1.29, 1.82) is 5.26 Å². The molecule has 1 N–H and O–H groups in total. The molecule has 0 radical (unpaired) electrons. The van der Waals surface area contributed by atoms with Crippen molar-refractivity contribution in [1.82, 2.24) is 4.90 Å². The zero-order valence-electron chi connectivity index (χ0n) is 16.3. The summed E-state index contributed by atoms with van der Waals surface area (Å²) in [6.45, 7) is 6.33. The van der Waals surface area contributed by atoms with E-state index in [1.807, 2.05) is 24.3 Å². The number of benzene rings is 2. The molecule has 1 amide bonds. The van der Waals surface area contributed by atoms with E-state index in [2.05, 4.69) is 17.4 Å². The van der Waals surface area contributed by atoms with Crippen LogP contribution in [0.15, 0.2) is 54.5 Å². The third kappa shape index (κ3) is 4.84. The van der Waals surface area contributed by atoms with Crippen molar-refractivity contribution in [2.45, 2.75) is 25.7 Å². The van der Waals surface area contributed by atoms with Crippen LogP contribution in [-0.4, -0.2) is 32.3 Å². The smallest absolute Gasteiger partial charge is 0.254 e. The standard InChI is InChI=1S/C22H23N3O3S/c1-3-29(27,28)24-21-14-20(7-4-16(21)2)22(26)25-12-10-19(11-13-25)18-8-5-17(15-23)6-9-18/h3-9,14,19,24H,1,10-13H2,2H3. The van der Waals surface area contributed by atoms with E-state index in [0.29, 0.717) is 35.8 Å². The molecular formula is C22H23N3O3S. The summed E-state index contributed by atoms with van der Waals surface area (Å²) >= 11 is 0. The number of nitrogens with one attached hydrogen (secondary N) is 1. The molecule has 0 aromatic heterocycles. The Kier molecular flexibility index (Phi) is 6.04. The summed E-state index contributed by atoms with van der Waals surface area (Å²) in [5.74, 6) is 0.252. The summed E-state index contributed by atoms with van der Waals surface area (Å²) in [6.07, 6.45) is 1.69. The molecule has 0 unspecified atom stereocenters. The Balaban J connectivity index is 1.69. The van der Waals surface area contributed by atoms with Crippen molar-refractivity contribution < 1.29 is 13.2 Å². The van der Waals surface area contributed by atoms with E-state index in [0.717, 1.165) is 23.8 Å². The molecule has 2 aromatic carbocycles. The third-order valence-electron chi connectivity index (χ3n) is 5.25. The van der Waals surface area contributed by atoms with Gasteiger partial charge in [0.25, 0.3) is 15.9 Å². The van der Waals surface area contributed by atoms with Crippen LogP contribution in [-0.2, 0) is 10.0 Å². The van der Waals surface area contributed by atoms with Gasteiger partial charge in [0.1, 0.15) is 0 Å². The quantitative estimate of drug-likeness (QED) is 0.814. The average molecular weight is 410 g/mol. The van der Waals surface area contributed by atoms with Gasteiger partial charge in [-0.15, -0.1) is 0 Å². The number of anilines is 1. The van der Waals surface area contributed by atoms with E-state index in [4.69, 9.17) is 5.26 Å². The highest BCUT2D eigenvalue weighted by molar-refractivity contribution is 7.95. The molecule has 0 bridgehead atoms. The van der Waals surface area contributed by atoms with E-state index in [1.165, 1.54) is 5.56 Å². The topological polar surface area (TPSA) is 90.3 Å². The number of carbonyl (C=O) groups is 1. The molecule has 2 aromatic rings. The van der Waals surface area contributed by atoms with Crippen LogP contribution < -0.4 is 4.72 Å². The number of aryl methyl sites for hydroxylation is 1. The number of amides is 1. The van der Waals surface area contributed by atoms with Crippen LogP contribution in [0.3, 0.4) is 0 Å². The fourth-order valence-corrected chi connectivity index (χ4v) is 4.10. The number of nitrogens with zero attached hydrogens (tertiary/aromatic N) is 2. The molecule has 0 aliphatic carbocycles. The van der Waals surface area contributed by atoms with Gasteiger partial charge in [-0.05, 0) is 61.1 Å². The van der Waals surface area contributed by atoms with Crippen LogP contribution in [0, 0.1) is 18.3 Å². The lowest BCUT2D eigenvalue weighted by Crippen LogP contribution is -2.38. The van der Waals surface area contributed by atoms with Gasteiger partial charge in [0, 0.05) is 24.1 Å².